The van der Waals surface area contributed by atoms with Crippen molar-refractivity contribution in [2.75, 3.05) is 13.1 Å². The molecule has 1 fully saturated rings. The number of rotatable bonds is 2. The maximum Gasteiger partial charge on any atom is 0.351 e. The first-order valence-corrected chi connectivity index (χ1v) is 6.81. The van der Waals surface area contributed by atoms with Gasteiger partial charge in [0, 0.05) is 18.7 Å². The number of likely N-dealkylation sites (tertiary alicyclic amines) is 1. The number of nitrogens with zero attached hydrogens (tertiary/aromatic N) is 4. The summed E-state index contributed by atoms with van der Waals surface area (Å²) < 4.78 is 5.13. The number of piperidine rings is 1. The van der Waals surface area contributed by atoms with Gasteiger partial charge in [-0.05, 0) is 19.3 Å². The van der Waals surface area contributed by atoms with E-state index in [0.29, 0.717) is 11.8 Å². The first kappa shape index (κ1) is 12.7. The van der Waals surface area contributed by atoms with Gasteiger partial charge in [0.25, 0.3) is 0 Å². The molecule has 1 saturated heterocycles. The lowest BCUT2D eigenvalue weighted by molar-refractivity contribution is 0.337. The topological polar surface area (TPSA) is 80.5 Å². The van der Waals surface area contributed by atoms with E-state index in [-0.39, 0.29) is 6.01 Å². The maximum absolute atomic E-state index is 5.98. The van der Waals surface area contributed by atoms with E-state index in [4.69, 9.17) is 10.3 Å². The van der Waals surface area contributed by atoms with Crippen LogP contribution in [0.1, 0.15) is 19.3 Å². The molecule has 0 amide bonds. The Hall–Kier alpha value is -2.37. The average molecular weight is 271 g/mol. The van der Waals surface area contributed by atoms with Crippen LogP contribution in [0.4, 0.5) is 6.01 Å². The van der Waals surface area contributed by atoms with Crippen molar-refractivity contribution in [3.8, 4) is 11.4 Å². The molecule has 1 aliphatic rings. The highest BCUT2D eigenvalue weighted by molar-refractivity contribution is 5.80. The van der Waals surface area contributed by atoms with Crippen LogP contribution in [0.25, 0.3) is 11.4 Å². The first-order chi connectivity index (χ1) is 9.83. The van der Waals surface area contributed by atoms with Crippen LogP contribution in [-0.2, 0) is 0 Å². The number of aromatic nitrogens is 2. The van der Waals surface area contributed by atoms with E-state index in [0.717, 1.165) is 31.5 Å². The highest BCUT2D eigenvalue weighted by Gasteiger charge is 2.14. The third kappa shape index (κ3) is 2.79. The lowest BCUT2D eigenvalue weighted by Crippen LogP contribution is -2.40. The van der Waals surface area contributed by atoms with Crippen LogP contribution in [0.3, 0.4) is 0 Å². The second-order valence-electron chi connectivity index (χ2n) is 4.78. The fraction of sp³-hybridized carbons (Fsp3) is 0.357. The molecule has 1 aromatic heterocycles. The Morgan fingerprint density at radius 1 is 1.15 bits per heavy atom. The van der Waals surface area contributed by atoms with Crippen molar-refractivity contribution in [2.24, 2.45) is 10.7 Å². The molecule has 0 unspecified atom stereocenters. The van der Waals surface area contributed by atoms with E-state index in [1.807, 2.05) is 30.3 Å². The lowest BCUT2D eigenvalue weighted by atomic mass is 10.1. The predicted molar refractivity (Wildman–Crippen MR) is 76.4 cm³/mol. The molecular weight excluding hydrogens is 254 g/mol. The van der Waals surface area contributed by atoms with Crippen LogP contribution < -0.4 is 5.73 Å². The Morgan fingerprint density at radius 3 is 2.65 bits per heavy atom. The smallest absolute Gasteiger partial charge is 0.351 e. The number of benzene rings is 1. The molecule has 0 spiro atoms. The highest BCUT2D eigenvalue weighted by atomic mass is 16.5. The van der Waals surface area contributed by atoms with E-state index < -0.39 is 0 Å². The largest absolute Gasteiger partial charge is 0.369 e. The van der Waals surface area contributed by atoms with Gasteiger partial charge in [-0.3, -0.25) is 0 Å². The number of nitrogens with two attached hydrogens (primary N) is 1. The SMILES string of the molecule is N/C(=N\c1nc(-c2ccccc2)no1)N1CCCCC1. The second kappa shape index (κ2) is 5.73. The van der Waals surface area contributed by atoms with Gasteiger partial charge >= 0.3 is 6.01 Å². The zero-order valence-corrected chi connectivity index (χ0v) is 11.2. The zero-order chi connectivity index (χ0) is 13.8. The summed E-state index contributed by atoms with van der Waals surface area (Å²) in [6.45, 7) is 1.88. The third-order valence-electron chi connectivity index (χ3n) is 3.34. The van der Waals surface area contributed by atoms with E-state index >= 15 is 0 Å². The minimum absolute atomic E-state index is 0.201. The number of hydrogen-bond acceptors (Lipinski definition) is 4. The summed E-state index contributed by atoms with van der Waals surface area (Å²) in [5, 5.41) is 3.92. The van der Waals surface area contributed by atoms with Gasteiger partial charge in [-0.15, -0.1) is 0 Å². The normalized spacial score (nSPS) is 16.4. The molecule has 2 heterocycles. The summed E-state index contributed by atoms with van der Waals surface area (Å²) >= 11 is 0. The molecule has 0 aliphatic carbocycles. The van der Waals surface area contributed by atoms with Crippen LogP contribution in [0.2, 0.25) is 0 Å². The molecule has 3 rings (SSSR count). The molecule has 6 heteroatoms. The van der Waals surface area contributed by atoms with Crippen LogP contribution in [-0.4, -0.2) is 34.1 Å². The maximum atomic E-state index is 5.98. The Labute approximate surface area is 117 Å². The number of guanidine groups is 1. The average Bonchev–Trinajstić information content (AvgIpc) is 2.97. The van der Waals surface area contributed by atoms with Crippen molar-refractivity contribution in [2.45, 2.75) is 19.3 Å². The Balaban J connectivity index is 1.76. The number of aliphatic imine (C=N–C) groups is 1. The van der Waals surface area contributed by atoms with E-state index in [1.165, 1.54) is 6.42 Å². The van der Waals surface area contributed by atoms with Gasteiger partial charge < -0.3 is 15.2 Å². The molecule has 0 radical (unpaired) electrons. The molecule has 20 heavy (non-hydrogen) atoms. The Bertz CT molecular complexity index is 587. The van der Waals surface area contributed by atoms with E-state index in [9.17, 15) is 0 Å². The van der Waals surface area contributed by atoms with Crippen molar-refractivity contribution in [1.29, 1.82) is 0 Å². The third-order valence-corrected chi connectivity index (χ3v) is 3.34. The summed E-state index contributed by atoms with van der Waals surface area (Å²) in [6, 6.07) is 9.84. The Kier molecular flexibility index (Phi) is 3.62. The molecule has 0 bridgehead atoms. The lowest BCUT2D eigenvalue weighted by Gasteiger charge is -2.26. The van der Waals surface area contributed by atoms with Gasteiger partial charge in [-0.1, -0.05) is 35.5 Å². The summed E-state index contributed by atoms with van der Waals surface area (Å²) in [5.41, 5.74) is 6.87. The molecular formula is C14H17N5O. The van der Waals surface area contributed by atoms with E-state index in [2.05, 4.69) is 20.0 Å². The molecule has 2 aromatic rings. The second-order valence-corrected chi connectivity index (χ2v) is 4.78. The molecule has 2 N–H and O–H groups in total. The van der Waals surface area contributed by atoms with Crippen molar-refractivity contribution < 1.29 is 4.52 Å². The first-order valence-electron chi connectivity index (χ1n) is 6.81. The molecule has 1 aliphatic heterocycles. The van der Waals surface area contributed by atoms with Crippen molar-refractivity contribution in [3.63, 3.8) is 0 Å². The van der Waals surface area contributed by atoms with Crippen molar-refractivity contribution >= 4 is 12.0 Å². The van der Waals surface area contributed by atoms with Gasteiger partial charge in [0.15, 0.2) is 0 Å². The van der Waals surface area contributed by atoms with Crippen LogP contribution in [0.15, 0.2) is 39.8 Å². The fourth-order valence-corrected chi connectivity index (χ4v) is 2.26. The van der Waals surface area contributed by atoms with Crippen LogP contribution in [0, 0.1) is 0 Å². The highest BCUT2D eigenvalue weighted by Crippen LogP contribution is 2.19. The molecule has 0 saturated carbocycles. The summed E-state index contributed by atoms with van der Waals surface area (Å²) in [4.78, 5) is 10.5. The van der Waals surface area contributed by atoms with Crippen molar-refractivity contribution in [1.82, 2.24) is 15.0 Å². The van der Waals surface area contributed by atoms with Gasteiger partial charge in [-0.25, -0.2) is 0 Å². The molecule has 0 atom stereocenters. The van der Waals surface area contributed by atoms with Gasteiger partial charge in [0.2, 0.25) is 11.8 Å². The van der Waals surface area contributed by atoms with Gasteiger partial charge in [-0.2, -0.15) is 9.98 Å². The molecule has 1 aromatic carbocycles. The van der Waals surface area contributed by atoms with E-state index in [1.54, 1.807) is 0 Å². The summed E-state index contributed by atoms with van der Waals surface area (Å²) in [5.74, 6) is 0.976. The zero-order valence-electron chi connectivity index (χ0n) is 11.2. The quantitative estimate of drug-likeness (QED) is 0.668. The van der Waals surface area contributed by atoms with Gasteiger partial charge in [0.1, 0.15) is 0 Å². The predicted octanol–water partition coefficient (Wildman–Crippen LogP) is 2.17. The summed E-state index contributed by atoms with van der Waals surface area (Å²) in [6.07, 6.45) is 3.55. The standard InChI is InChI=1S/C14H17N5O/c15-13(19-9-5-2-6-10-19)17-14-16-12(18-20-14)11-7-3-1-4-8-11/h1,3-4,7-8H,2,5-6,9-10H2,(H2,15,16,17,18). The minimum atomic E-state index is 0.201. The minimum Gasteiger partial charge on any atom is -0.369 e. The fourth-order valence-electron chi connectivity index (χ4n) is 2.26. The van der Waals surface area contributed by atoms with Crippen molar-refractivity contribution in [3.05, 3.63) is 30.3 Å². The van der Waals surface area contributed by atoms with Crippen LogP contribution >= 0.6 is 0 Å². The monoisotopic (exact) mass is 271 g/mol. The summed E-state index contributed by atoms with van der Waals surface area (Å²) in [7, 11) is 0. The van der Waals surface area contributed by atoms with Crippen LogP contribution in [0.5, 0.6) is 0 Å². The number of hydrogen-bond donors (Lipinski definition) is 1. The molecule has 6 nitrogen and oxygen atoms in total. The molecule has 104 valence electrons. The van der Waals surface area contributed by atoms with Gasteiger partial charge in [0.05, 0.1) is 0 Å². The Morgan fingerprint density at radius 2 is 1.90 bits per heavy atom.